The molecule has 0 aliphatic carbocycles. The van der Waals surface area contributed by atoms with Crippen molar-refractivity contribution in [2.45, 2.75) is 13.8 Å². The van der Waals surface area contributed by atoms with Crippen LogP contribution in [0.4, 0.5) is 4.39 Å². The van der Waals surface area contributed by atoms with Crippen molar-refractivity contribution in [1.82, 2.24) is 5.32 Å². The number of benzene rings is 1. The quantitative estimate of drug-likeness (QED) is 0.789. The van der Waals surface area contributed by atoms with Gasteiger partial charge in [0.1, 0.15) is 0 Å². The third kappa shape index (κ3) is 4.00. The minimum Gasteiger partial charge on any atom is -0.505 e. The zero-order valence-electron chi connectivity index (χ0n) is 10.3. The van der Waals surface area contributed by atoms with Crippen molar-refractivity contribution in [2.24, 2.45) is 4.99 Å². The van der Waals surface area contributed by atoms with Gasteiger partial charge < -0.3 is 10.4 Å². The average Bonchev–Trinajstić information content (AvgIpc) is 2.30. The van der Waals surface area contributed by atoms with Gasteiger partial charge in [-0.25, -0.2) is 4.39 Å². The number of nitrogens with zero attached hydrogens (tertiary/aromatic N) is 1. The zero-order chi connectivity index (χ0) is 12.8. The van der Waals surface area contributed by atoms with E-state index in [4.69, 9.17) is 5.11 Å². The van der Waals surface area contributed by atoms with Crippen LogP contribution in [0.3, 0.4) is 0 Å². The summed E-state index contributed by atoms with van der Waals surface area (Å²) in [4.78, 5) is 4.25. The van der Waals surface area contributed by atoms with Crippen molar-refractivity contribution in [3.63, 3.8) is 0 Å². The van der Waals surface area contributed by atoms with Crippen LogP contribution >= 0.6 is 0 Å². The van der Waals surface area contributed by atoms with E-state index in [9.17, 15) is 4.39 Å². The molecule has 0 unspecified atom stereocenters. The third-order valence-electron chi connectivity index (χ3n) is 2.30. The molecule has 0 heterocycles. The van der Waals surface area contributed by atoms with Crippen molar-refractivity contribution in [3.05, 3.63) is 41.4 Å². The van der Waals surface area contributed by atoms with E-state index in [2.05, 4.69) is 10.3 Å². The maximum atomic E-state index is 13.1. The van der Waals surface area contributed by atoms with Gasteiger partial charge in [0.05, 0.1) is 0 Å². The smallest absolute Gasteiger partial charge is 0.165 e. The highest BCUT2D eigenvalue weighted by Crippen LogP contribution is 2.16. The molecule has 92 valence electrons. The second kappa shape index (κ2) is 6.15. The first kappa shape index (κ1) is 13.4. The minimum absolute atomic E-state index is 0.344. The summed E-state index contributed by atoms with van der Waals surface area (Å²) in [6.45, 7) is 4.53. The summed E-state index contributed by atoms with van der Waals surface area (Å²) in [7, 11) is 1.86. The molecule has 0 aliphatic heterocycles. The monoisotopic (exact) mass is 236 g/mol. The van der Waals surface area contributed by atoms with E-state index in [-0.39, 0.29) is 5.75 Å². The van der Waals surface area contributed by atoms with Crippen molar-refractivity contribution < 1.29 is 9.50 Å². The SMILES string of the molecule is CNC/C(C)=C/N=C(C)c1ccc(O)c(F)c1. The molecule has 0 aliphatic rings. The van der Waals surface area contributed by atoms with Crippen LogP contribution in [0.25, 0.3) is 0 Å². The Morgan fingerprint density at radius 3 is 2.76 bits per heavy atom. The maximum absolute atomic E-state index is 13.1. The lowest BCUT2D eigenvalue weighted by Gasteiger charge is -2.02. The second-order valence-corrected chi connectivity index (χ2v) is 3.89. The Kier molecular flexibility index (Phi) is 4.84. The van der Waals surface area contributed by atoms with E-state index >= 15 is 0 Å². The average molecular weight is 236 g/mol. The van der Waals surface area contributed by atoms with Crippen LogP contribution in [-0.4, -0.2) is 24.4 Å². The van der Waals surface area contributed by atoms with Crippen molar-refractivity contribution in [1.29, 1.82) is 0 Å². The Morgan fingerprint density at radius 2 is 2.18 bits per heavy atom. The first-order valence-corrected chi connectivity index (χ1v) is 5.38. The molecular formula is C13H17FN2O. The largest absolute Gasteiger partial charge is 0.505 e. The molecule has 4 heteroatoms. The molecule has 0 saturated heterocycles. The molecular weight excluding hydrogens is 219 g/mol. The summed E-state index contributed by atoms with van der Waals surface area (Å²) in [5.74, 6) is -0.976. The van der Waals surface area contributed by atoms with Crippen LogP contribution in [0.2, 0.25) is 0 Å². The lowest BCUT2D eigenvalue weighted by Crippen LogP contribution is -2.08. The summed E-state index contributed by atoms with van der Waals surface area (Å²) in [5.41, 5.74) is 2.46. The summed E-state index contributed by atoms with van der Waals surface area (Å²) >= 11 is 0. The molecule has 1 rings (SSSR count). The van der Waals surface area contributed by atoms with E-state index in [0.29, 0.717) is 11.3 Å². The normalized spacial score (nSPS) is 12.9. The number of halogens is 1. The van der Waals surface area contributed by atoms with Gasteiger partial charge in [0.25, 0.3) is 0 Å². The van der Waals surface area contributed by atoms with Gasteiger partial charge in [-0.3, -0.25) is 4.99 Å². The highest BCUT2D eigenvalue weighted by Gasteiger charge is 2.03. The first-order valence-electron chi connectivity index (χ1n) is 5.38. The molecule has 3 nitrogen and oxygen atoms in total. The van der Waals surface area contributed by atoms with Crippen LogP contribution in [0.1, 0.15) is 19.4 Å². The highest BCUT2D eigenvalue weighted by molar-refractivity contribution is 5.99. The number of hydrogen-bond acceptors (Lipinski definition) is 3. The van der Waals surface area contributed by atoms with Gasteiger partial charge in [0, 0.05) is 18.5 Å². The summed E-state index contributed by atoms with van der Waals surface area (Å²) < 4.78 is 13.1. The van der Waals surface area contributed by atoms with Crippen molar-refractivity contribution >= 4 is 5.71 Å². The molecule has 0 spiro atoms. The fraction of sp³-hybridized carbons (Fsp3) is 0.308. The number of hydrogen-bond donors (Lipinski definition) is 2. The Hall–Kier alpha value is -1.68. The molecule has 0 aromatic heterocycles. The van der Waals surface area contributed by atoms with Gasteiger partial charge in [0.15, 0.2) is 11.6 Å². The van der Waals surface area contributed by atoms with E-state index in [1.807, 2.05) is 14.0 Å². The predicted octanol–water partition coefficient (Wildman–Crippen LogP) is 2.46. The van der Waals surface area contributed by atoms with Gasteiger partial charge in [-0.2, -0.15) is 0 Å². The van der Waals surface area contributed by atoms with Gasteiger partial charge >= 0.3 is 0 Å². The number of phenols is 1. The molecule has 0 amide bonds. The van der Waals surface area contributed by atoms with Crippen LogP contribution in [0, 0.1) is 5.82 Å². The van der Waals surface area contributed by atoms with Crippen LogP contribution in [-0.2, 0) is 0 Å². The highest BCUT2D eigenvalue weighted by atomic mass is 19.1. The van der Waals surface area contributed by atoms with E-state index in [1.165, 1.54) is 12.1 Å². The van der Waals surface area contributed by atoms with E-state index in [1.54, 1.807) is 19.2 Å². The number of aromatic hydroxyl groups is 1. The Morgan fingerprint density at radius 1 is 1.47 bits per heavy atom. The minimum atomic E-state index is -0.632. The lowest BCUT2D eigenvalue weighted by molar-refractivity contribution is 0.432. The Bertz CT molecular complexity index is 453. The Labute approximate surface area is 101 Å². The standard InChI is InChI=1S/C13H17FN2O/c1-9(7-15-3)8-16-10(2)11-4-5-13(17)12(14)6-11/h4-6,8,15,17H,7H2,1-3H3/b9-8+,16-10?. The van der Waals surface area contributed by atoms with Gasteiger partial charge in [0.2, 0.25) is 0 Å². The van der Waals surface area contributed by atoms with Crippen molar-refractivity contribution in [2.75, 3.05) is 13.6 Å². The molecule has 0 bridgehead atoms. The maximum Gasteiger partial charge on any atom is 0.165 e. The number of nitrogens with one attached hydrogen (secondary N) is 1. The molecule has 0 fully saturated rings. The molecule has 0 atom stereocenters. The summed E-state index contributed by atoms with van der Waals surface area (Å²) in [5, 5.41) is 12.1. The van der Waals surface area contributed by atoms with Crippen LogP contribution < -0.4 is 5.32 Å². The summed E-state index contributed by atoms with van der Waals surface area (Å²) in [6.07, 6.45) is 1.75. The first-order chi connectivity index (χ1) is 8.04. The Balaban J connectivity index is 2.88. The van der Waals surface area contributed by atoms with Crippen LogP contribution in [0.5, 0.6) is 5.75 Å². The molecule has 2 N–H and O–H groups in total. The predicted molar refractivity (Wildman–Crippen MR) is 68.0 cm³/mol. The topological polar surface area (TPSA) is 44.6 Å². The summed E-state index contributed by atoms with van der Waals surface area (Å²) in [6, 6.07) is 4.24. The molecule has 0 radical (unpaired) electrons. The molecule has 0 saturated carbocycles. The van der Waals surface area contributed by atoms with E-state index in [0.717, 1.165) is 12.1 Å². The number of aliphatic imine (C=N–C) groups is 1. The van der Waals surface area contributed by atoms with E-state index < -0.39 is 5.82 Å². The van der Waals surface area contributed by atoms with Gasteiger partial charge in [-0.15, -0.1) is 0 Å². The number of likely N-dealkylation sites (N-methyl/N-ethyl adjacent to an activating group) is 1. The van der Waals surface area contributed by atoms with Gasteiger partial charge in [-0.1, -0.05) is 0 Å². The van der Waals surface area contributed by atoms with Gasteiger partial charge in [-0.05, 0) is 50.2 Å². The zero-order valence-corrected chi connectivity index (χ0v) is 10.3. The second-order valence-electron chi connectivity index (χ2n) is 3.89. The lowest BCUT2D eigenvalue weighted by atomic mass is 10.1. The van der Waals surface area contributed by atoms with Crippen LogP contribution in [0.15, 0.2) is 35.0 Å². The third-order valence-corrected chi connectivity index (χ3v) is 2.30. The molecule has 1 aromatic rings. The molecule has 17 heavy (non-hydrogen) atoms. The number of rotatable bonds is 4. The fourth-order valence-electron chi connectivity index (χ4n) is 1.34. The van der Waals surface area contributed by atoms with Crippen molar-refractivity contribution in [3.8, 4) is 5.75 Å². The molecule has 1 aromatic carbocycles. The fourth-order valence-corrected chi connectivity index (χ4v) is 1.34. The number of phenolic OH excluding ortho intramolecular Hbond substituents is 1.